The summed E-state index contributed by atoms with van der Waals surface area (Å²) in [6.07, 6.45) is 1.90. The highest BCUT2D eigenvalue weighted by atomic mass is 32.2. The SMILES string of the molecule is CSc1cccc2c(=O)[nH]c(=O)[nH]c12. The van der Waals surface area contributed by atoms with E-state index in [0.29, 0.717) is 10.9 Å². The molecule has 1 aromatic carbocycles. The number of fused-ring (bicyclic) bond motifs is 1. The number of hydrogen-bond acceptors (Lipinski definition) is 3. The van der Waals surface area contributed by atoms with Gasteiger partial charge in [0.15, 0.2) is 0 Å². The number of hydrogen-bond donors (Lipinski definition) is 2. The predicted molar refractivity (Wildman–Crippen MR) is 57.0 cm³/mol. The van der Waals surface area contributed by atoms with Crippen LogP contribution in [-0.4, -0.2) is 16.2 Å². The van der Waals surface area contributed by atoms with Crippen molar-refractivity contribution in [2.75, 3.05) is 6.26 Å². The Morgan fingerprint density at radius 1 is 1.21 bits per heavy atom. The fraction of sp³-hybridized carbons (Fsp3) is 0.111. The van der Waals surface area contributed by atoms with Gasteiger partial charge in [-0.05, 0) is 18.4 Å². The van der Waals surface area contributed by atoms with E-state index >= 15 is 0 Å². The molecule has 5 heteroatoms. The highest BCUT2D eigenvalue weighted by Crippen LogP contribution is 2.20. The minimum atomic E-state index is -0.469. The van der Waals surface area contributed by atoms with Crippen molar-refractivity contribution in [2.45, 2.75) is 4.90 Å². The smallest absolute Gasteiger partial charge is 0.306 e. The summed E-state index contributed by atoms with van der Waals surface area (Å²) >= 11 is 1.49. The van der Waals surface area contributed by atoms with Crippen molar-refractivity contribution in [2.24, 2.45) is 0 Å². The van der Waals surface area contributed by atoms with Crippen molar-refractivity contribution < 1.29 is 0 Å². The van der Waals surface area contributed by atoms with Gasteiger partial charge < -0.3 is 4.98 Å². The van der Waals surface area contributed by atoms with Gasteiger partial charge in [-0.1, -0.05) is 6.07 Å². The van der Waals surface area contributed by atoms with Crippen LogP contribution in [0.2, 0.25) is 0 Å². The fourth-order valence-electron chi connectivity index (χ4n) is 1.33. The second kappa shape index (κ2) is 3.34. The summed E-state index contributed by atoms with van der Waals surface area (Å²) in [6.45, 7) is 0. The van der Waals surface area contributed by atoms with Crippen molar-refractivity contribution >= 4 is 22.7 Å². The van der Waals surface area contributed by atoms with E-state index in [9.17, 15) is 9.59 Å². The lowest BCUT2D eigenvalue weighted by Crippen LogP contribution is -2.21. The van der Waals surface area contributed by atoms with E-state index in [1.807, 2.05) is 12.3 Å². The first kappa shape index (κ1) is 9.08. The molecule has 0 bridgehead atoms. The quantitative estimate of drug-likeness (QED) is 0.685. The van der Waals surface area contributed by atoms with Gasteiger partial charge in [-0.2, -0.15) is 0 Å². The summed E-state index contributed by atoms with van der Waals surface area (Å²) in [7, 11) is 0. The van der Waals surface area contributed by atoms with Crippen LogP contribution in [0.1, 0.15) is 0 Å². The fourth-order valence-corrected chi connectivity index (χ4v) is 1.91. The molecule has 4 nitrogen and oxygen atoms in total. The van der Waals surface area contributed by atoms with Crippen molar-refractivity contribution in [3.63, 3.8) is 0 Å². The Morgan fingerprint density at radius 3 is 2.71 bits per heavy atom. The molecule has 2 aromatic rings. The maximum atomic E-state index is 11.4. The lowest BCUT2D eigenvalue weighted by atomic mass is 10.2. The standard InChI is InChI=1S/C9H8N2O2S/c1-14-6-4-2-3-5-7(6)10-9(13)11-8(5)12/h2-4H,1H3,(H2,10,11,12,13). The number of benzene rings is 1. The van der Waals surface area contributed by atoms with Crippen LogP contribution in [0.4, 0.5) is 0 Å². The van der Waals surface area contributed by atoms with Crippen LogP contribution in [0.5, 0.6) is 0 Å². The molecule has 0 aliphatic heterocycles. The first-order chi connectivity index (χ1) is 6.72. The van der Waals surface area contributed by atoms with E-state index in [0.717, 1.165) is 4.90 Å². The molecule has 0 atom stereocenters. The molecular weight excluding hydrogens is 200 g/mol. The van der Waals surface area contributed by atoms with Crippen LogP contribution >= 0.6 is 11.8 Å². The first-order valence-electron chi connectivity index (χ1n) is 4.01. The summed E-state index contributed by atoms with van der Waals surface area (Å²) in [6, 6.07) is 5.34. The first-order valence-corrected chi connectivity index (χ1v) is 5.24. The second-order valence-electron chi connectivity index (χ2n) is 2.79. The van der Waals surface area contributed by atoms with Gasteiger partial charge in [0.1, 0.15) is 0 Å². The summed E-state index contributed by atoms with van der Waals surface area (Å²) in [4.78, 5) is 28.1. The molecule has 2 rings (SSSR count). The van der Waals surface area contributed by atoms with Crippen LogP contribution in [0.3, 0.4) is 0 Å². The zero-order chi connectivity index (χ0) is 10.1. The number of aromatic amines is 2. The van der Waals surface area contributed by atoms with Gasteiger partial charge in [0.2, 0.25) is 0 Å². The predicted octanol–water partition coefficient (Wildman–Crippen LogP) is 0.938. The molecule has 2 N–H and O–H groups in total. The zero-order valence-corrected chi connectivity index (χ0v) is 8.27. The van der Waals surface area contributed by atoms with E-state index < -0.39 is 5.69 Å². The highest BCUT2D eigenvalue weighted by molar-refractivity contribution is 7.98. The summed E-state index contributed by atoms with van der Waals surface area (Å²) < 4.78 is 0. The Labute approximate surface area is 83.4 Å². The van der Waals surface area contributed by atoms with Crippen molar-refractivity contribution in [3.05, 3.63) is 39.0 Å². The van der Waals surface area contributed by atoms with Crippen molar-refractivity contribution in [1.29, 1.82) is 0 Å². The lowest BCUT2D eigenvalue weighted by molar-refractivity contribution is 1.07. The van der Waals surface area contributed by atoms with E-state index in [2.05, 4.69) is 9.97 Å². The maximum Gasteiger partial charge on any atom is 0.326 e. The molecule has 0 spiro atoms. The average Bonchev–Trinajstić information content (AvgIpc) is 2.17. The molecule has 14 heavy (non-hydrogen) atoms. The van der Waals surface area contributed by atoms with Gasteiger partial charge in [-0.3, -0.25) is 9.78 Å². The summed E-state index contributed by atoms with van der Waals surface area (Å²) in [5.74, 6) is 0. The third-order valence-corrected chi connectivity index (χ3v) is 2.74. The molecule has 0 aliphatic carbocycles. The minimum Gasteiger partial charge on any atom is -0.306 e. The largest absolute Gasteiger partial charge is 0.326 e. The zero-order valence-electron chi connectivity index (χ0n) is 7.46. The van der Waals surface area contributed by atoms with Crippen LogP contribution in [-0.2, 0) is 0 Å². The molecule has 72 valence electrons. The molecule has 0 saturated heterocycles. The molecule has 0 fully saturated rings. The summed E-state index contributed by atoms with van der Waals surface area (Å²) in [5.41, 5.74) is -0.211. The van der Waals surface area contributed by atoms with Crippen LogP contribution in [0.25, 0.3) is 10.9 Å². The highest BCUT2D eigenvalue weighted by Gasteiger charge is 2.03. The Bertz CT molecular complexity index is 585. The van der Waals surface area contributed by atoms with Crippen LogP contribution in [0.15, 0.2) is 32.7 Å². The van der Waals surface area contributed by atoms with Gasteiger partial charge in [0.25, 0.3) is 5.56 Å². The third kappa shape index (κ3) is 1.35. The van der Waals surface area contributed by atoms with Gasteiger partial charge >= 0.3 is 5.69 Å². The molecule has 0 unspecified atom stereocenters. The second-order valence-corrected chi connectivity index (χ2v) is 3.64. The number of nitrogens with one attached hydrogen (secondary N) is 2. The number of H-pyrrole nitrogens is 2. The number of rotatable bonds is 1. The topological polar surface area (TPSA) is 65.7 Å². The Balaban J connectivity index is 3.01. The molecule has 1 aromatic heterocycles. The Kier molecular flexibility index (Phi) is 2.17. The Morgan fingerprint density at radius 2 is 2.00 bits per heavy atom. The molecule has 0 amide bonds. The van der Waals surface area contributed by atoms with E-state index in [-0.39, 0.29) is 5.56 Å². The third-order valence-electron chi connectivity index (χ3n) is 1.96. The molecule has 1 heterocycles. The molecule has 0 radical (unpaired) electrons. The van der Waals surface area contributed by atoms with Crippen LogP contribution in [0, 0.1) is 0 Å². The van der Waals surface area contributed by atoms with Crippen LogP contribution < -0.4 is 11.2 Å². The Hall–Kier alpha value is -1.49. The van der Waals surface area contributed by atoms with Gasteiger partial charge in [0.05, 0.1) is 10.9 Å². The summed E-state index contributed by atoms with van der Waals surface area (Å²) in [5, 5.41) is 0.511. The van der Waals surface area contributed by atoms with Gasteiger partial charge in [-0.25, -0.2) is 4.79 Å². The maximum absolute atomic E-state index is 11.4. The van der Waals surface area contributed by atoms with Gasteiger partial charge in [-0.15, -0.1) is 11.8 Å². The molecular formula is C9H8N2O2S. The molecule has 0 aliphatic rings. The monoisotopic (exact) mass is 208 g/mol. The number of para-hydroxylation sites is 1. The van der Waals surface area contributed by atoms with Gasteiger partial charge in [0, 0.05) is 4.90 Å². The molecule has 0 saturated carbocycles. The average molecular weight is 208 g/mol. The van der Waals surface area contributed by atoms with E-state index in [1.54, 1.807) is 12.1 Å². The minimum absolute atomic E-state index is 0.348. The van der Waals surface area contributed by atoms with Crippen molar-refractivity contribution in [3.8, 4) is 0 Å². The van der Waals surface area contributed by atoms with Crippen molar-refractivity contribution in [1.82, 2.24) is 9.97 Å². The number of aromatic nitrogens is 2. The van der Waals surface area contributed by atoms with E-state index in [1.165, 1.54) is 11.8 Å². The number of thioether (sulfide) groups is 1. The van der Waals surface area contributed by atoms with E-state index in [4.69, 9.17) is 0 Å². The lowest BCUT2D eigenvalue weighted by Gasteiger charge is -2.00. The normalized spacial score (nSPS) is 10.6.